The summed E-state index contributed by atoms with van der Waals surface area (Å²) in [5, 5.41) is 3.50. The van der Waals surface area contributed by atoms with Crippen LogP contribution in [0.25, 0.3) is 0 Å². The molecule has 0 aromatic heterocycles. The van der Waals surface area contributed by atoms with Crippen molar-refractivity contribution < 1.29 is 0 Å². The molecule has 0 bridgehead atoms. The van der Waals surface area contributed by atoms with E-state index in [4.69, 9.17) is 0 Å². The molecular weight excluding hydrogens is 206 g/mol. The Bertz CT molecular complexity index is 152. The summed E-state index contributed by atoms with van der Waals surface area (Å²) in [7, 11) is 0. The van der Waals surface area contributed by atoms with Gasteiger partial charge in [-0.05, 0) is 45.2 Å². The van der Waals surface area contributed by atoms with Crippen LogP contribution in [0.5, 0.6) is 0 Å². The molecule has 0 saturated carbocycles. The number of nitrogens with one attached hydrogen (secondary N) is 1. The highest BCUT2D eigenvalue weighted by atomic mass is 14.8. The molecule has 0 radical (unpaired) electrons. The molecule has 0 unspecified atom stereocenters. The van der Waals surface area contributed by atoms with Gasteiger partial charge in [0.1, 0.15) is 0 Å². The van der Waals surface area contributed by atoms with Crippen molar-refractivity contribution >= 4 is 0 Å². The number of hydrogen-bond acceptors (Lipinski definition) is 1. The second-order valence-corrected chi connectivity index (χ2v) is 4.89. The van der Waals surface area contributed by atoms with Crippen molar-refractivity contribution in [1.29, 1.82) is 0 Å². The molecule has 0 aromatic carbocycles. The van der Waals surface area contributed by atoms with Gasteiger partial charge in [-0.3, -0.25) is 0 Å². The molecule has 0 spiro atoms. The first-order valence-corrected chi connectivity index (χ1v) is 7.77. The fourth-order valence-corrected chi connectivity index (χ4v) is 1.93. The van der Waals surface area contributed by atoms with Crippen LogP contribution in [-0.2, 0) is 0 Å². The van der Waals surface area contributed by atoms with Crippen molar-refractivity contribution in [3.63, 3.8) is 0 Å². The van der Waals surface area contributed by atoms with Crippen LogP contribution in [0.4, 0.5) is 0 Å². The maximum Gasteiger partial charge on any atom is -0.00489 e. The Kier molecular flexibility index (Phi) is 15.4. The Labute approximate surface area is 109 Å². The van der Waals surface area contributed by atoms with E-state index in [0.717, 1.165) is 0 Å². The average molecular weight is 239 g/mol. The van der Waals surface area contributed by atoms with Gasteiger partial charge in [0.2, 0.25) is 0 Å². The number of allylic oxidation sites excluding steroid dienone is 2. The van der Waals surface area contributed by atoms with E-state index in [2.05, 4.69) is 31.3 Å². The second-order valence-electron chi connectivity index (χ2n) is 4.89. The van der Waals surface area contributed by atoms with Gasteiger partial charge < -0.3 is 5.32 Å². The lowest BCUT2D eigenvalue weighted by atomic mass is 10.1. The van der Waals surface area contributed by atoms with E-state index in [9.17, 15) is 0 Å². The van der Waals surface area contributed by atoms with Crippen molar-refractivity contribution in [2.75, 3.05) is 13.1 Å². The Morgan fingerprint density at radius 1 is 0.706 bits per heavy atom. The average Bonchev–Trinajstić information content (AvgIpc) is 2.35. The van der Waals surface area contributed by atoms with E-state index in [0.29, 0.717) is 0 Å². The highest BCUT2D eigenvalue weighted by Crippen LogP contribution is 2.07. The van der Waals surface area contributed by atoms with Gasteiger partial charge >= 0.3 is 0 Å². The first-order chi connectivity index (χ1) is 8.41. The third kappa shape index (κ3) is 15.7. The van der Waals surface area contributed by atoms with Crippen LogP contribution in [0.1, 0.15) is 78.1 Å². The summed E-state index contributed by atoms with van der Waals surface area (Å²) in [5.74, 6) is 0. The molecule has 1 N–H and O–H groups in total. The van der Waals surface area contributed by atoms with E-state index >= 15 is 0 Å². The molecule has 0 aromatic rings. The lowest BCUT2D eigenvalue weighted by Crippen LogP contribution is -2.16. The van der Waals surface area contributed by atoms with Gasteiger partial charge in [-0.15, -0.1) is 0 Å². The van der Waals surface area contributed by atoms with Gasteiger partial charge in [-0.1, -0.05) is 58.1 Å². The molecule has 0 aliphatic carbocycles. The topological polar surface area (TPSA) is 12.0 Å². The van der Waals surface area contributed by atoms with Crippen LogP contribution in [-0.4, -0.2) is 13.1 Å². The van der Waals surface area contributed by atoms with Crippen LogP contribution in [0.15, 0.2) is 12.2 Å². The van der Waals surface area contributed by atoms with Crippen molar-refractivity contribution in [1.82, 2.24) is 5.32 Å². The predicted octanol–water partition coefficient (Wildman–Crippen LogP) is 5.07. The number of rotatable bonds is 13. The van der Waals surface area contributed by atoms with Gasteiger partial charge in [0.15, 0.2) is 0 Å². The third-order valence-corrected chi connectivity index (χ3v) is 3.08. The van der Waals surface area contributed by atoms with Crippen molar-refractivity contribution in [3.05, 3.63) is 12.2 Å². The smallest absolute Gasteiger partial charge is 0.00489 e. The molecule has 102 valence electrons. The van der Waals surface area contributed by atoms with Gasteiger partial charge in [0.25, 0.3) is 0 Å². The summed E-state index contributed by atoms with van der Waals surface area (Å²) in [5.41, 5.74) is 0. The van der Waals surface area contributed by atoms with Crippen LogP contribution in [0, 0.1) is 0 Å². The van der Waals surface area contributed by atoms with Crippen LogP contribution in [0.2, 0.25) is 0 Å². The predicted molar refractivity (Wildman–Crippen MR) is 79.5 cm³/mol. The second kappa shape index (κ2) is 15.7. The minimum absolute atomic E-state index is 1.19. The molecule has 0 fully saturated rings. The molecule has 0 heterocycles. The molecular formula is C16H33N. The lowest BCUT2D eigenvalue weighted by Gasteiger charge is -2.03. The molecule has 0 aliphatic rings. The fraction of sp³-hybridized carbons (Fsp3) is 0.875. The van der Waals surface area contributed by atoms with Gasteiger partial charge in [0, 0.05) is 0 Å². The summed E-state index contributed by atoms with van der Waals surface area (Å²) in [6.07, 6.45) is 18.1. The third-order valence-electron chi connectivity index (χ3n) is 3.08. The zero-order chi connectivity index (χ0) is 12.6. The van der Waals surface area contributed by atoms with E-state index in [1.807, 2.05) is 0 Å². The maximum atomic E-state index is 3.50. The standard InChI is InChI=1S/C16H33N/c1-3-5-7-8-9-10-11-12-13-14-16-17-15-6-4-2/h5,7,17H,3-4,6,8-16H2,1-2H3/b7-5+. The quantitative estimate of drug-likeness (QED) is 0.349. The zero-order valence-corrected chi connectivity index (χ0v) is 12.1. The first kappa shape index (κ1) is 16.7. The minimum atomic E-state index is 1.19. The van der Waals surface area contributed by atoms with Crippen LogP contribution < -0.4 is 5.32 Å². The SMILES string of the molecule is CC/C=C/CCCCCCCCNCCCC. The van der Waals surface area contributed by atoms with E-state index in [1.54, 1.807) is 0 Å². The molecule has 0 rings (SSSR count). The minimum Gasteiger partial charge on any atom is -0.317 e. The van der Waals surface area contributed by atoms with Gasteiger partial charge in [-0.2, -0.15) is 0 Å². The molecule has 17 heavy (non-hydrogen) atoms. The molecule has 1 heteroatoms. The Morgan fingerprint density at radius 2 is 1.35 bits per heavy atom. The van der Waals surface area contributed by atoms with Gasteiger partial charge in [0.05, 0.1) is 0 Å². The van der Waals surface area contributed by atoms with Crippen molar-refractivity contribution in [3.8, 4) is 0 Å². The zero-order valence-electron chi connectivity index (χ0n) is 12.1. The molecule has 0 saturated heterocycles. The highest BCUT2D eigenvalue weighted by molar-refractivity contribution is 4.79. The van der Waals surface area contributed by atoms with Crippen LogP contribution in [0.3, 0.4) is 0 Å². The largest absolute Gasteiger partial charge is 0.317 e. The Morgan fingerprint density at radius 3 is 2.06 bits per heavy atom. The van der Waals surface area contributed by atoms with Crippen molar-refractivity contribution in [2.24, 2.45) is 0 Å². The maximum absolute atomic E-state index is 3.50. The van der Waals surface area contributed by atoms with E-state index in [-0.39, 0.29) is 0 Å². The number of unbranched alkanes of at least 4 members (excludes halogenated alkanes) is 7. The number of hydrogen-bond donors (Lipinski definition) is 1. The van der Waals surface area contributed by atoms with Gasteiger partial charge in [-0.25, -0.2) is 0 Å². The summed E-state index contributed by atoms with van der Waals surface area (Å²) in [6, 6.07) is 0. The monoisotopic (exact) mass is 239 g/mol. The van der Waals surface area contributed by atoms with Crippen LogP contribution >= 0.6 is 0 Å². The molecule has 0 atom stereocenters. The highest BCUT2D eigenvalue weighted by Gasteiger charge is 1.91. The fourth-order valence-electron chi connectivity index (χ4n) is 1.93. The Hall–Kier alpha value is -0.300. The molecule has 0 amide bonds. The van der Waals surface area contributed by atoms with E-state index < -0.39 is 0 Å². The normalized spacial score (nSPS) is 11.4. The summed E-state index contributed by atoms with van der Waals surface area (Å²) in [4.78, 5) is 0. The molecule has 0 aliphatic heterocycles. The lowest BCUT2D eigenvalue weighted by molar-refractivity contribution is 0.559. The van der Waals surface area contributed by atoms with E-state index in [1.165, 1.54) is 77.3 Å². The first-order valence-electron chi connectivity index (χ1n) is 7.77. The molecule has 1 nitrogen and oxygen atoms in total. The summed E-state index contributed by atoms with van der Waals surface area (Å²) < 4.78 is 0. The Balaban J connectivity index is 2.91. The summed E-state index contributed by atoms with van der Waals surface area (Å²) in [6.45, 7) is 6.88. The summed E-state index contributed by atoms with van der Waals surface area (Å²) >= 11 is 0. The van der Waals surface area contributed by atoms with Crippen molar-refractivity contribution in [2.45, 2.75) is 78.1 Å².